The molecule has 1 aromatic carbocycles. The van der Waals surface area contributed by atoms with Crippen molar-refractivity contribution in [3.63, 3.8) is 0 Å². The minimum absolute atomic E-state index is 0.0187. The molecule has 0 bridgehead atoms. The Labute approximate surface area is 115 Å². The van der Waals surface area contributed by atoms with Gasteiger partial charge in [0.15, 0.2) is 6.61 Å². The fraction of sp³-hybridized carbons (Fsp3) is 0.562. The Bertz CT molecular complexity index is 404. The van der Waals surface area contributed by atoms with E-state index in [2.05, 4.69) is 19.2 Å². The first-order valence-corrected chi connectivity index (χ1v) is 7.14. The normalized spacial score (nSPS) is 26.7. The third kappa shape index (κ3) is 3.98. The van der Waals surface area contributed by atoms with Gasteiger partial charge in [-0.05, 0) is 30.4 Å². The van der Waals surface area contributed by atoms with E-state index in [9.17, 15) is 4.79 Å². The quantitative estimate of drug-likeness (QED) is 0.904. The van der Waals surface area contributed by atoms with E-state index in [1.807, 2.05) is 30.3 Å². The molecule has 1 amide bonds. The molecular formula is C16H23NO2. The molecule has 3 atom stereocenters. The van der Waals surface area contributed by atoms with Gasteiger partial charge >= 0.3 is 0 Å². The summed E-state index contributed by atoms with van der Waals surface area (Å²) in [6.07, 6.45) is 3.56. The maximum Gasteiger partial charge on any atom is 0.258 e. The van der Waals surface area contributed by atoms with Crippen LogP contribution in [0.25, 0.3) is 0 Å². The predicted molar refractivity (Wildman–Crippen MR) is 76.0 cm³/mol. The van der Waals surface area contributed by atoms with E-state index >= 15 is 0 Å². The number of hydrogen-bond acceptors (Lipinski definition) is 2. The standard InChI is InChI=1S/C16H23NO2/c1-12-7-6-10-15(13(12)2)17-16(18)11-19-14-8-4-3-5-9-14/h3-5,8-9,12-13,15H,6-7,10-11H2,1-2H3,(H,17,18)/t12-,13+,15-/m1/s1. The van der Waals surface area contributed by atoms with E-state index < -0.39 is 0 Å². The van der Waals surface area contributed by atoms with Crippen LogP contribution >= 0.6 is 0 Å². The first-order chi connectivity index (χ1) is 9.16. The lowest BCUT2D eigenvalue weighted by molar-refractivity contribution is -0.124. The van der Waals surface area contributed by atoms with E-state index in [0.29, 0.717) is 17.9 Å². The highest BCUT2D eigenvalue weighted by Gasteiger charge is 2.28. The van der Waals surface area contributed by atoms with E-state index in [1.54, 1.807) is 0 Å². The smallest absolute Gasteiger partial charge is 0.258 e. The summed E-state index contributed by atoms with van der Waals surface area (Å²) in [5, 5.41) is 3.11. The van der Waals surface area contributed by atoms with Gasteiger partial charge in [-0.15, -0.1) is 0 Å². The maximum absolute atomic E-state index is 11.9. The predicted octanol–water partition coefficient (Wildman–Crippen LogP) is 3.01. The van der Waals surface area contributed by atoms with Crippen molar-refractivity contribution in [1.29, 1.82) is 0 Å². The van der Waals surface area contributed by atoms with Gasteiger partial charge in [-0.3, -0.25) is 4.79 Å². The highest BCUT2D eigenvalue weighted by atomic mass is 16.5. The van der Waals surface area contributed by atoms with Crippen molar-refractivity contribution in [2.45, 2.75) is 39.2 Å². The number of hydrogen-bond donors (Lipinski definition) is 1. The topological polar surface area (TPSA) is 38.3 Å². The summed E-state index contributed by atoms with van der Waals surface area (Å²) in [4.78, 5) is 11.9. The van der Waals surface area contributed by atoms with Crippen LogP contribution in [0.3, 0.4) is 0 Å². The number of benzene rings is 1. The van der Waals surface area contributed by atoms with Gasteiger partial charge in [-0.2, -0.15) is 0 Å². The molecule has 0 saturated heterocycles. The molecule has 104 valence electrons. The summed E-state index contributed by atoms with van der Waals surface area (Å²) in [6, 6.07) is 9.75. The molecule has 0 radical (unpaired) electrons. The lowest BCUT2D eigenvalue weighted by Crippen LogP contribution is -2.45. The van der Waals surface area contributed by atoms with Crippen LogP contribution in [0.2, 0.25) is 0 Å². The summed E-state index contributed by atoms with van der Waals surface area (Å²) in [5.74, 6) is 1.96. The molecule has 0 aromatic heterocycles. The molecule has 1 N–H and O–H groups in total. The monoisotopic (exact) mass is 261 g/mol. The molecule has 1 saturated carbocycles. The van der Waals surface area contributed by atoms with Crippen molar-refractivity contribution in [1.82, 2.24) is 5.32 Å². The molecule has 3 nitrogen and oxygen atoms in total. The van der Waals surface area contributed by atoms with Gasteiger partial charge in [-0.25, -0.2) is 0 Å². The fourth-order valence-corrected chi connectivity index (χ4v) is 2.70. The average Bonchev–Trinajstić information content (AvgIpc) is 2.43. The summed E-state index contributed by atoms with van der Waals surface area (Å²) >= 11 is 0. The molecule has 2 rings (SSSR count). The summed E-state index contributed by atoms with van der Waals surface area (Å²) in [5.41, 5.74) is 0. The van der Waals surface area contributed by atoms with Crippen LogP contribution in [0.15, 0.2) is 30.3 Å². The Kier molecular flexibility index (Phi) is 4.83. The third-order valence-electron chi connectivity index (χ3n) is 4.17. The number of carbonyl (C=O) groups excluding carboxylic acids is 1. The van der Waals surface area contributed by atoms with Crippen LogP contribution in [0, 0.1) is 11.8 Å². The molecule has 1 fully saturated rings. The van der Waals surface area contributed by atoms with Crippen LogP contribution in [0.5, 0.6) is 5.75 Å². The van der Waals surface area contributed by atoms with E-state index in [0.717, 1.165) is 12.2 Å². The Morgan fingerprint density at radius 1 is 1.26 bits per heavy atom. The first-order valence-electron chi connectivity index (χ1n) is 7.14. The van der Waals surface area contributed by atoms with Crippen molar-refractivity contribution in [3.05, 3.63) is 30.3 Å². The minimum Gasteiger partial charge on any atom is -0.484 e. The average molecular weight is 261 g/mol. The molecule has 0 spiro atoms. The van der Waals surface area contributed by atoms with Crippen molar-refractivity contribution < 1.29 is 9.53 Å². The number of carbonyl (C=O) groups is 1. The zero-order chi connectivity index (χ0) is 13.7. The highest BCUT2D eigenvalue weighted by molar-refractivity contribution is 5.77. The Balaban J connectivity index is 1.78. The lowest BCUT2D eigenvalue weighted by atomic mass is 9.78. The number of nitrogens with one attached hydrogen (secondary N) is 1. The highest BCUT2D eigenvalue weighted by Crippen LogP contribution is 2.29. The van der Waals surface area contributed by atoms with Crippen LogP contribution < -0.4 is 10.1 Å². The van der Waals surface area contributed by atoms with Crippen molar-refractivity contribution in [3.8, 4) is 5.75 Å². The molecule has 0 heterocycles. The first kappa shape index (κ1) is 13.9. The Hall–Kier alpha value is -1.51. The van der Waals surface area contributed by atoms with Gasteiger partial charge in [-0.1, -0.05) is 44.9 Å². The minimum atomic E-state index is -0.0187. The van der Waals surface area contributed by atoms with Crippen LogP contribution in [0.1, 0.15) is 33.1 Å². The zero-order valence-electron chi connectivity index (χ0n) is 11.8. The van der Waals surface area contributed by atoms with Gasteiger partial charge in [0.05, 0.1) is 0 Å². The van der Waals surface area contributed by atoms with Crippen LogP contribution in [-0.4, -0.2) is 18.6 Å². The van der Waals surface area contributed by atoms with Crippen molar-refractivity contribution in [2.24, 2.45) is 11.8 Å². The molecule has 0 unspecified atom stereocenters. The number of amides is 1. The summed E-state index contributed by atoms with van der Waals surface area (Å²) in [6.45, 7) is 4.60. The second-order valence-corrected chi connectivity index (χ2v) is 5.54. The lowest BCUT2D eigenvalue weighted by Gasteiger charge is -2.34. The summed E-state index contributed by atoms with van der Waals surface area (Å²) < 4.78 is 5.46. The largest absolute Gasteiger partial charge is 0.484 e. The Morgan fingerprint density at radius 2 is 2.00 bits per heavy atom. The summed E-state index contributed by atoms with van der Waals surface area (Å²) in [7, 11) is 0. The second-order valence-electron chi connectivity index (χ2n) is 5.54. The van der Waals surface area contributed by atoms with E-state index in [-0.39, 0.29) is 12.5 Å². The van der Waals surface area contributed by atoms with E-state index in [4.69, 9.17) is 4.74 Å². The molecule has 1 aliphatic carbocycles. The zero-order valence-corrected chi connectivity index (χ0v) is 11.8. The van der Waals surface area contributed by atoms with Crippen molar-refractivity contribution >= 4 is 5.91 Å². The van der Waals surface area contributed by atoms with Crippen LogP contribution in [0.4, 0.5) is 0 Å². The molecular weight excluding hydrogens is 238 g/mol. The number of para-hydroxylation sites is 1. The number of ether oxygens (including phenoxy) is 1. The second kappa shape index (κ2) is 6.60. The van der Waals surface area contributed by atoms with Gasteiger partial charge < -0.3 is 10.1 Å². The van der Waals surface area contributed by atoms with E-state index in [1.165, 1.54) is 12.8 Å². The molecule has 19 heavy (non-hydrogen) atoms. The fourth-order valence-electron chi connectivity index (χ4n) is 2.70. The van der Waals surface area contributed by atoms with Crippen molar-refractivity contribution in [2.75, 3.05) is 6.61 Å². The maximum atomic E-state index is 11.9. The van der Waals surface area contributed by atoms with Gasteiger partial charge in [0.2, 0.25) is 0 Å². The molecule has 3 heteroatoms. The Morgan fingerprint density at radius 3 is 2.74 bits per heavy atom. The van der Waals surface area contributed by atoms with Crippen LogP contribution in [-0.2, 0) is 4.79 Å². The SMILES string of the molecule is C[C@H]1[C@H](C)CCC[C@H]1NC(=O)COc1ccccc1. The van der Waals surface area contributed by atoms with Gasteiger partial charge in [0.25, 0.3) is 5.91 Å². The third-order valence-corrected chi connectivity index (χ3v) is 4.17. The number of rotatable bonds is 4. The van der Waals surface area contributed by atoms with Gasteiger partial charge in [0.1, 0.15) is 5.75 Å². The molecule has 0 aliphatic heterocycles. The molecule has 1 aliphatic rings. The van der Waals surface area contributed by atoms with Gasteiger partial charge in [0, 0.05) is 6.04 Å². The molecule has 1 aromatic rings.